The lowest BCUT2D eigenvalue weighted by molar-refractivity contribution is -0.118. The van der Waals surface area contributed by atoms with Crippen molar-refractivity contribution in [2.24, 2.45) is 0 Å². The molecule has 0 radical (unpaired) electrons. The maximum atomic E-state index is 12.5. The van der Waals surface area contributed by atoms with Crippen LogP contribution < -0.4 is 9.64 Å². The van der Waals surface area contributed by atoms with Gasteiger partial charge in [-0.2, -0.15) is 4.98 Å². The molecule has 1 aliphatic rings. The highest BCUT2D eigenvalue weighted by Crippen LogP contribution is 2.42. The van der Waals surface area contributed by atoms with Crippen LogP contribution in [0.2, 0.25) is 0 Å². The fourth-order valence-electron chi connectivity index (χ4n) is 2.88. The maximum Gasteiger partial charge on any atom is 0.247 e. The van der Waals surface area contributed by atoms with E-state index in [0.29, 0.717) is 22.4 Å². The van der Waals surface area contributed by atoms with Gasteiger partial charge < -0.3 is 4.74 Å². The Morgan fingerprint density at radius 1 is 1.19 bits per heavy atom. The largest absolute Gasteiger partial charge is 0.447 e. The number of hydrogen-bond acceptors (Lipinski definition) is 7. The van der Waals surface area contributed by atoms with Crippen LogP contribution in [-0.2, 0) is 4.79 Å². The molecule has 0 saturated carbocycles. The van der Waals surface area contributed by atoms with Crippen molar-refractivity contribution >= 4 is 23.4 Å². The zero-order valence-corrected chi connectivity index (χ0v) is 15.0. The van der Waals surface area contributed by atoms with Gasteiger partial charge in [0.15, 0.2) is 5.69 Å². The SMILES string of the molecule is CSc1nnc2c(n1)O[C@H](c1cccnc1)N(C(C)=O)c1ccccc1-2. The second-order valence-corrected chi connectivity index (χ2v) is 6.39. The summed E-state index contributed by atoms with van der Waals surface area (Å²) >= 11 is 1.38. The van der Waals surface area contributed by atoms with E-state index in [1.165, 1.54) is 18.7 Å². The van der Waals surface area contributed by atoms with Crippen LogP contribution in [-0.4, -0.2) is 32.3 Å². The van der Waals surface area contributed by atoms with Gasteiger partial charge in [-0.05, 0) is 18.4 Å². The van der Waals surface area contributed by atoms with E-state index in [2.05, 4.69) is 20.2 Å². The number of para-hydroxylation sites is 1. The lowest BCUT2D eigenvalue weighted by Gasteiger charge is -2.29. The molecule has 4 rings (SSSR count). The normalized spacial score (nSPS) is 15.5. The van der Waals surface area contributed by atoms with Crippen LogP contribution >= 0.6 is 11.8 Å². The van der Waals surface area contributed by atoms with Crippen LogP contribution in [0.5, 0.6) is 5.88 Å². The standard InChI is InChI=1S/C18H15N5O2S/c1-11(24)23-14-8-4-3-7-13(14)15-16(20-18(26-2)22-21-15)25-17(23)12-6-5-9-19-10-12/h3-10,17H,1-2H3/t17-/m1/s1. The fourth-order valence-corrected chi connectivity index (χ4v) is 3.17. The van der Waals surface area contributed by atoms with E-state index in [4.69, 9.17) is 4.74 Å². The Morgan fingerprint density at radius 2 is 2.04 bits per heavy atom. The van der Waals surface area contributed by atoms with E-state index in [9.17, 15) is 4.79 Å². The molecule has 7 nitrogen and oxygen atoms in total. The molecule has 0 N–H and O–H groups in total. The summed E-state index contributed by atoms with van der Waals surface area (Å²) in [5.74, 6) is 0.187. The van der Waals surface area contributed by atoms with Gasteiger partial charge in [-0.3, -0.25) is 14.7 Å². The van der Waals surface area contributed by atoms with Crippen LogP contribution in [0.1, 0.15) is 18.7 Å². The predicted molar refractivity (Wildman–Crippen MR) is 97.8 cm³/mol. The number of rotatable bonds is 2. The highest BCUT2D eigenvalue weighted by Gasteiger charge is 2.34. The van der Waals surface area contributed by atoms with Gasteiger partial charge in [0, 0.05) is 30.4 Å². The average Bonchev–Trinajstić information content (AvgIpc) is 2.82. The van der Waals surface area contributed by atoms with Crippen LogP contribution in [0, 0.1) is 0 Å². The first-order chi connectivity index (χ1) is 12.7. The molecular formula is C18H15N5O2S. The minimum atomic E-state index is -0.699. The molecule has 1 aliphatic heterocycles. The van der Waals surface area contributed by atoms with E-state index in [1.54, 1.807) is 23.4 Å². The second kappa shape index (κ2) is 6.72. The number of aromatic nitrogens is 4. The third-order valence-corrected chi connectivity index (χ3v) is 4.54. The molecule has 8 heteroatoms. The molecule has 0 saturated heterocycles. The molecular weight excluding hydrogens is 350 g/mol. The van der Waals surface area contributed by atoms with Crippen LogP contribution in [0.3, 0.4) is 0 Å². The molecule has 3 heterocycles. The van der Waals surface area contributed by atoms with Gasteiger partial charge in [0.05, 0.1) is 5.69 Å². The average molecular weight is 365 g/mol. The fraction of sp³-hybridized carbons (Fsp3) is 0.167. The van der Waals surface area contributed by atoms with E-state index in [-0.39, 0.29) is 5.91 Å². The highest BCUT2D eigenvalue weighted by molar-refractivity contribution is 7.98. The van der Waals surface area contributed by atoms with E-state index >= 15 is 0 Å². The molecule has 0 spiro atoms. The smallest absolute Gasteiger partial charge is 0.247 e. The zero-order chi connectivity index (χ0) is 18.1. The lowest BCUT2D eigenvalue weighted by atomic mass is 10.1. The number of amides is 1. The van der Waals surface area contributed by atoms with Crippen molar-refractivity contribution in [1.82, 2.24) is 20.2 Å². The maximum absolute atomic E-state index is 12.5. The number of carbonyl (C=O) groups is 1. The summed E-state index contributed by atoms with van der Waals surface area (Å²) in [6.45, 7) is 1.51. The van der Waals surface area contributed by atoms with Gasteiger partial charge in [0.2, 0.25) is 23.2 Å². The summed E-state index contributed by atoms with van der Waals surface area (Å²) < 4.78 is 6.18. The van der Waals surface area contributed by atoms with Crippen LogP contribution in [0.4, 0.5) is 5.69 Å². The minimum Gasteiger partial charge on any atom is -0.447 e. The first kappa shape index (κ1) is 16.5. The quantitative estimate of drug-likeness (QED) is 0.646. The van der Waals surface area contributed by atoms with E-state index < -0.39 is 6.23 Å². The van der Waals surface area contributed by atoms with Crippen molar-refractivity contribution in [3.63, 3.8) is 0 Å². The third kappa shape index (κ3) is 2.78. The van der Waals surface area contributed by atoms with Crippen molar-refractivity contribution in [3.8, 4) is 17.1 Å². The van der Waals surface area contributed by atoms with Gasteiger partial charge >= 0.3 is 0 Å². The monoisotopic (exact) mass is 365 g/mol. The van der Waals surface area contributed by atoms with Gasteiger partial charge in [-0.15, -0.1) is 10.2 Å². The number of fused-ring (bicyclic) bond motifs is 3. The summed E-state index contributed by atoms with van der Waals surface area (Å²) in [6, 6.07) is 11.2. The molecule has 1 amide bonds. The van der Waals surface area contributed by atoms with Gasteiger partial charge in [0.25, 0.3) is 0 Å². The predicted octanol–water partition coefficient (Wildman–Crippen LogP) is 3.10. The number of ether oxygens (including phenoxy) is 1. The number of pyridine rings is 1. The molecule has 130 valence electrons. The van der Waals surface area contributed by atoms with Gasteiger partial charge in [0.1, 0.15) is 0 Å². The molecule has 0 unspecified atom stereocenters. The Bertz CT molecular complexity index is 967. The molecule has 2 aromatic heterocycles. The molecule has 0 fully saturated rings. The van der Waals surface area contributed by atoms with Gasteiger partial charge in [-0.25, -0.2) is 0 Å². The van der Waals surface area contributed by atoms with Crippen molar-refractivity contribution < 1.29 is 9.53 Å². The number of hydrogen-bond donors (Lipinski definition) is 0. The Morgan fingerprint density at radius 3 is 2.77 bits per heavy atom. The van der Waals surface area contributed by atoms with Crippen LogP contribution in [0.25, 0.3) is 11.3 Å². The van der Waals surface area contributed by atoms with E-state index in [1.807, 2.05) is 36.6 Å². The molecule has 1 atom stereocenters. The van der Waals surface area contributed by atoms with Crippen molar-refractivity contribution in [2.45, 2.75) is 18.3 Å². The minimum absolute atomic E-state index is 0.155. The molecule has 1 aromatic carbocycles. The topological polar surface area (TPSA) is 81.1 Å². The summed E-state index contributed by atoms with van der Waals surface area (Å²) in [5.41, 5.74) is 2.70. The molecule has 0 aliphatic carbocycles. The number of thioether (sulfide) groups is 1. The molecule has 26 heavy (non-hydrogen) atoms. The van der Waals surface area contributed by atoms with Gasteiger partial charge in [-0.1, -0.05) is 36.0 Å². The Labute approximate surface area is 154 Å². The summed E-state index contributed by atoms with van der Waals surface area (Å²) in [4.78, 5) is 22.8. The number of nitrogens with zero attached hydrogens (tertiary/aromatic N) is 5. The Balaban J connectivity index is 1.98. The second-order valence-electron chi connectivity index (χ2n) is 5.62. The van der Waals surface area contributed by atoms with E-state index in [0.717, 1.165) is 11.1 Å². The highest BCUT2D eigenvalue weighted by atomic mass is 32.2. The summed E-state index contributed by atoms with van der Waals surface area (Å²) in [6.07, 6.45) is 4.53. The first-order valence-electron chi connectivity index (χ1n) is 7.93. The number of carbonyl (C=O) groups excluding carboxylic acids is 1. The number of anilines is 1. The molecule has 3 aromatic rings. The summed E-state index contributed by atoms with van der Waals surface area (Å²) in [5, 5.41) is 8.93. The van der Waals surface area contributed by atoms with Crippen molar-refractivity contribution in [2.75, 3.05) is 11.2 Å². The first-order valence-corrected chi connectivity index (χ1v) is 9.16. The Hall–Kier alpha value is -3.00. The van der Waals surface area contributed by atoms with Crippen molar-refractivity contribution in [3.05, 3.63) is 54.4 Å². The third-order valence-electron chi connectivity index (χ3n) is 4.00. The zero-order valence-electron chi connectivity index (χ0n) is 14.2. The van der Waals surface area contributed by atoms with Crippen molar-refractivity contribution in [1.29, 1.82) is 0 Å². The number of benzene rings is 1. The van der Waals surface area contributed by atoms with Crippen LogP contribution in [0.15, 0.2) is 53.9 Å². The lowest BCUT2D eigenvalue weighted by Crippen LogP contribution is -2.36. The summed E-state index contributed by atoms with van der Waals surface area (Å²) in [7, 11) is 0. The Kier molecular flexibility index (Phi) is 4.26. The molecule has 0 bridgehead atoms.